The van der Waals surface area contributed by atoms with E-state index in [4.69, 9.17) is 0 Å². The summed E-state index contributed by atoms with van der Waals surface area (Å²) < 4.78 is 40.9. The lowest BCUT2D eigenvalue weighted by Gasteiger charge is -2.40. The molecule has 4 atom stereocenters. The fourth-order valence-electron chi connectivity index (χ4n) is 9.36. The first-order valence-corrected chi connectivity index (χ1v) is 25.1. The molecule has 0 aliphatic carbocycles. The largest absolute Gasteiger partial charge is 0.399 e. The molecule has 4 aliphatic heterocycles. The van der Waals surface area contributed by atoms with Crippen LogP contribution in [0.3, 0.4) is 0 Å². The minimum atomic E-state index is -5.83. The monoisotopic (exact) mass is 984 g/mol. The second-order valence-corrected chi connectivity index (χ2v) is 21.5. The Kier molecular flexibility index (Phi) is 13.7. The molecule has 0 radical (unpaired) electrons. The van der Waals surface area contributed by atoms with Gasteiger partial charge in [0.25, 0.3) is 11.8 Å². The maximum absolute atomic E-state index is 14.7. The van der Waals surface area contributed by atoms with Crippen LogP contribution in [0.2, 0.25) is 0 Å². The number of nitrogens with one attached hydrogen (secondary N) is 3. The van der Waals surface area contributed by atoms with Gasteiger partial charge in [-0.2, -0.15) is 8.78 Å². The molecule has 5 N–H and O–H groups in total. The standard InChI is InChI=1S/C49H51F2N6O10PS/c1-48(2,3)41(54-44(61)39-25-31-23-32(17-19-38(31)69-39)49(50,51)68(65,66)67)47(64)55-22-10-16-36(55)46(63)56-26-30-13-7-6-12-29(30)24-37(56)42(59)52-21-8-4-5-11-28-14-9-15-33-34(28)27-57(45(33)62)35-18-20-40(58)53-43(35)60/h6-7,9,12-15,17,19,23,25,35-37,41H,4,8,10,16,18,20-22,24,26-27H2,1-3H3,(H,52,59)(H,54,61)(H,53,58,60)(H2,65,66,67)/t35?,36-,37?,41?/m0/s1. The number of imide groups is 1. The first-order chi connectivity index (χ1) is 32.6. The van der Waals surface area contributed by atoms with E-state index in [0.717, 1.165) is 34.6 Å². The van der Waals surface area contributed by atoms with Crippen molar-refractivity contribution in [2.45, 2.75) is 109 Å². The van der Waals surface area contributed by atoms with E-state index in [1.165, 1.54) is 26.8 Å². The average Bonchev–Trinajstić information content (AvgIpc) is 4.05. The second-order valence-electron chi connectivity index (χ2n) is 18.8. The van der Waals surface area contributed by atoms with Crippen LogP contribution in [-0.2, 0) is 53.7 Å². The van der Waals surface area contributed by atoms with E-state index in [-0.39, 0.29) is 73.4 Å². The number of benzene rings is 3. The van der Waals surface area contributed by atoms with Crippen LogP contribution in [0.5, 0.6) is 0 Å². The molecular formula is C49H51F2N6O10PS. The van der Waals surface area contributed by atoms with Crippen LogP contribution in [0, 0.1) is 17.3 Å². The van der Waals surface area contributed by atoms with Gasteiger partial charge in [-0.05, 0) is 83.5 Å². The maximum Gasteiger partial charge on any atom is 0.399 e. The number of hydrogen-bond donors (Lipinski definition) is 5. The molecule has 4 aliphatic rings. The summed E-state index contributed by atoms with van der Waals surface area (Å²) in [7, 11) is -5.83. The molecule has 69 heavy (non-hydrogen) atoms. The lowest BCUT2D eigenvalue weighted by molar-refractivity contribution is -0.150. The summed E-state index contributed by atoms with van der Waals surface area (Å²) in [6.07, 6.45) is 2.34. The Morgan fingerprint density at radius 1 is 0.942 bits per heavy atom. The fraction of sp³-hybridized carbons (Fsp3) is 0.408. The molecule has 16 nitrogen and oxygen atoms in total. The summed E-state index contributed by atoms with van der Waals surface area (Å²) >= 11 is 0.956. The molecule has 2 fully saturated rings. The van der Waals surface area contributed by atoms with Crippen molar-refractivity contribution in [3.63, 3.8) is 0 Å². The van der Waals surface area contributed by atoms with E-state index in [0.29, 0.717) is 47.1 Å². The lowest BCUT2D eigenvalue weighted by Crippen LogP contribution is -2.60. The number of nitrogens with zero attached hydrogens (tertiary/aromatic N) is 3. The number of alkyl halides is 2. The number of rotatable bonds is 11. The van der Waals surface area contributed by atoms with E-state index in [1.54, 1.807) is 39.0 Å². The summed E-state index contributed by atoms with van der Waals surface area (Å²) in [5.74, 6) is 3.17. The van der Waals surface area contributed by atoms with E-state index < -0.39 is 72.0 Å². The van der Waals surface area contributed by atoms with Crippen molar-refractivity contribution in [2.75, 3.05) is 13.1 Å². The summed E-state index contributed by atoms with van der Waals surface area (Å²) in [5, 5.41) is 8.25. The zero-order valence-corrected chi connectivity index (χ0v) is 39.8. The number of unbranched alkanes of at least 4 members (excludes halogenated alkanes) is 1. The number of halogens is 2. The van der Waals surface area contributed by atoms with E-state index in [9.17, 15) is 56.7 Å². The van der Waals surface area contributed by atoms with Gasteiger partial charge in [-0.25, -0.2) is 0 Å². The number of piperidine rings is 1. The van der Waals surface area contributed by atoms with E-state index in [1.807, 2.05) is 24.3 Å². The van der Waals surface area contributed by atoms with Gasteiger partial charge in [0.2, 0.25) is 29.5 Å². The maximum atomic E-state index is 14.7. The van der Waals surface area contributed by atoms with Crippen molar-refractivity contribution in [3.8, 4) is 11.8 Å². The molecule has 2 saturated heterocycles. The zero-order chi connectivity index (χ0) is 49.6. The number of hydrogen-bond acceptors (Lipinski definition) is 9. The van der Waals surface area contributed by atoms with Crippen molar-refractivity contribution in [1.29, 1.82) is 0 Å². The highest BCUT2D eigenvalue weighted by Crippen LogP contribution is 2.59. The molecule has 3 unspecified atom stereocenters. The third kappa shape index (κ3) is 9.94. The highest BCUT2D eigenvalue weighted by Gasteiger charge is 2.51. The number of amides is 7. The minimum absolute atomic E-state index is 0.0720. The molecule has 7 amide bonds. The summed E-state index contributed by atoms with van der Waals surface area (Å²) in [4.78, 5) is 117. The number of carbonyl (C=O) groups is 7. The number of likely N-dealkylation sites (tertiary alicyclic amines) is 1. The third-order valence-corrected chi connectivity index (χ3v) is 15.2. The predicted octanol–water partition coefficient (Wildman–Crippen LogP) is 4.93. The average molecular weight is 985 g/mol. The molecule has 5 heterocycles. The van der Waals surface area contributed by atoms with Gasteiger partial charge >= 0.3 is 13.3 Å². The Morgan fingerprint density at radius 3 is 2.42 bits per heavy atom. The molecular weight excluding hydrogens is 934 g/mol. The van der Waals surface area contributed by atoms with Crippen molar-refractivity contribution in [1.82, 2.24) is 30.7 Å². The van der Waals surface area contributed by atoms with E-state index in [2.05, 4.69) is 27.8 Å². The molecule has 4 aromatic rings. The fourth-order valence-corrected chi connectivity index (χ4v) is 10.8. The van der Waals surface area contributed by atoms with Gasteiger partial charge in [0.1, 0.15) is 24.2 Å². The Labute approximate surface area is 400 Å². The van der Waals surface area contributed by atoms with Crippen LogP contribution in [0.15, 0.2) is 66.7 Å². The number of fused-ring (bicyclic) bond motifs is 3. The van der Waals surface area contributed by atoms with Crippen LogP contribution in [0.4, 0.5) is 8.78 Å². The highest BCUT2D eigenvalue weighted by atomic mass is 32.1. The van der Waals surface area contributed by atoms with Gasteiger partial charge in [0.05, 0.1) is 4.88 Å². The Bertz CT molecular complexity index is 2900. The molecule has 1 aromatic heterocycles. The zero-order valence-electron chi connectivity index (χ0n) is 38.1. The first kappa shape index (κ1) is 49.1. The minimum Gasteiger partial charge on any atom is -0.354 e. The quantitative estimate of drug-likeness (QED) is 0.0591. The van der Waals surface area contributed by atoms with Crippen molar-refractivity contribution in [2.24, 2.45) is 5.41 Å². The predicted molar refractivity (Wildman–Crippen MR) is 249 cm³/mol. The molecule has 0 spiro atoms. The van der Waals surface area contributed by atoms with Gasteiger partial charge in [-0.15, -0.1) is 11.3 Å². The smallest absolute Gasteiger partial charge is 0.354 e. The number of thiophene rings is 1. The molecule has 8 rings (SSSR count). The SMILES string of the molecule is CC(C)(C)C(NC(=O)c1cc2cc(C(F)(F)P(=O)(O)O)ccc2s1)C(=O)N1CCC[C@H]1C(=O)N1Cc2ccccc2CC1C(=O)NCCCC#Cc1cccc2c1CN(C1CCC(=O)NC1=O)C2=O. The molecule has 20 heteroatoms. The Morgan fingerprint density at radius 2 is 1.70 bits per heavy atom. The van der Waals surface area contributed by atoms with Crippen molar-refractivity contribution < 1.29 is 56.7 Å². The summed E-state index contributed by atoms with van der Waals surface area (Å²) in [6.45, 7) is 6.07. The van der Waals surface area contributed by atoms with Crippen LogP contribution in [0.25, 0.3) is 10.1 Å². The molecule has 3 aromatic carbocycles. The third-order valence-electron chi connectivity index (χ3n) is 13.1. The van der Waals surface area contributed by atoms with Crippen LogP contribution in [0.1, 0.15) is 107 Å². The Hall–Kier alpha value is -6.32. The van der Waals surface area contributed by atoms with Crippen LogP contribution in [-0.4, -0.2) is 103 Å². The lowest BCUT2D eigenvalue weighted by atomic mass is 9.85. The van der Waals surface area contributed by atoms with E-state index >= 15 is 0 Å². The first-order valence-electron chi connectivity index (χ1n) is 22.6. The molecule has 362 valence electrons. The summed E-state index contributed by atoms with van der Waals surface area (Å²) in [6, 6.07) is 13.4. The van der Waals surface area contributed by atoms with Gasteiger partial charge in [-0.3, -0.25) is 43.4 Å². The van der Waals surface area contributed by atoms with Gasteiger partial charge in [-0.1, -0.05) is 69.0 Å². The Balaban J connectivity index is 0.920. The normalized spacial score (nSPS) is 19.9. The van der Waals surface area contributed by atoms with Crippen LogP contribution >= 0.6 is 18.9 Å². The van der Waals surface area contributed by atoms with Crippen molar-refractivity contribution >= 4 is 70.4 Å². The van der Waals surface area contributed by atoms with Crippen LogP contribution < -0.4 is 16.0 Å². The number of carbonyl (C=O) groups excluding carboxylic acids is 7. The second kappa shape index (κ2) is 19.2. The van der Waals surface area contributed by atoms with Gasteiger partial charge < -0.3 is 35.1 Å². The van der Waals surface area contributed by atoms with Gasteiger partial charge in [0, 0.05) is 66.8 Å². The van der Waals surface area contributed by atoms with Gasteiger partial charge in [0.15, 0.2) is 0 Å². The highest BCUT2D eigenvalue weighted by molar-refractivity contribution is 7.52. The molecule has 0 bridgehead atoms. The topological polar surface area (TPSA) is 223 Å². The molecule has 0 saturated carbocycles. The van der Waals surface area contributed by atoms with Crippen molar-refractivity contribution in [3.05, 3.63) is 105 Å². The summed E-state index contributed by atoms with van der Waals surface area (Å²) in [5.41, 5.74) is -2.61.